The van der Waals surface area contributed by atoms with Gasteiger partial charge in [-0.1, -0.05) is 12.2 Å². The number of ether oxygens (including phenoxy) is 2. The summed E-state index contributed by atoms with van der Waals surface area (Å²) in [6.45, 7) is 6.01. The van der Waals surface area contributed by atoms with Crippen molar-refractivity contribution in [3.05, 3.63) is 12.2 Å². The number of hydrogen-bond donors (Lipinski definition) is 0. The molecule has 0 saturated heterocycles. The van der Waals surface area contributed by atoms with Gasteiger partial charge in [-0.2, -0.15) is 0 Å². The van der Waals surface area contributed by atoms with Gasteiger partial charge in [-0.3, -0.25) is 0 Å². The number of allylic oxidation sites excluding steroid dienone is 1. The quantitative estimate of drug-likeness (QED) is 0.358. The molecule has 0 spiro atoms. The van der Waals surface area contributed by atoms with Crippen LogP contribution >= 0.6 is 0 Å². The molecule has 70 valence electrons. The minimum atomic E-state index is -0.311. The third-order valence-corrected chi connectivity index (χ3v) is 1.04. The lowest BCUT2D eigenvalue weighted by molar-refractivity contribution is -0.152. The van der Waals surface area contributed by atoms with Gasteiger partial charge in [0.1, 0.15) is 6.61 Å². The molecule has 0 heterocycles. The number of carbonyl (C=O) groups excluding carboxylic acids is 1. The Kier molecular flexibility index (Phi) is 6.38. The summed E-state index contributed by atoms with van der Waals surface area (Å²) in [6.07, 6.45) is 3.64. The summed E-state index contributed by atoms with van der Waals surface area (Å²) >= 11 is 0. The van der Waals surface area contributed by atoms with E-state index in [-0.39, 0.29) is 18.7 Å². The Morgan fingerprint density at radius 1 is 1.50 bits per heavy atom. The first kappa shape index (κ1) is 11.2. The second kappa shape index (κ2) is 6.85. The van der Waals surface area contributed by atoms with E-state index in [0.29, 0.717) is 6.61 Å². The van der Waals surface area contributed by atoms with Gasteiger partial charge in [0, 0.05) is 0 Å². The lowest BCUT2D eigenvalue weighted by Crippen LogP contribution is -2.16. The van der Waals surface area contributed by atoms with Crippen LogP contribution in [0.15, 0.2) is 12.2 Å². The molecule has 0 aromatic rings. The van der Waals surface area contributed by atoms with Crippen molar-refractivity contribution in [2.24, 2.45) is 0 Å². The largest absolute Gasteiger partial charge is 0.461 e. The van der Waals surface area contributed by atoms with E-state index in [9.17, 15) is 4.79 Å². The van der Waals surface area contributed by atoms with Crippen molar-refractivity contribution in [3.63, 3.8) is 0 Å². The van der Waals surface area contributed by atoms with Crippen molar-refractivity contribution >= 4 is 5.97 Å². The lowest BCUT2D eigenvalue weighted by atomic mass is 10.5. The van der Waals surface area contributed by atoms with E-state index in [1.165, 1.54) is 0 Å². The Bertz CT molecular complexity index is 150. The zero-order valence-electron chi connectivity index (χ0n) is 7.87. The molecule has 0 aliphatic carbocycles. The highest BCUT2D eigenvalue weighted by Gasteiger charge is 2.03. The van der Waals surface area contributed by atoms with Crippen molar-refractivity contribution < 1.29 is 14.3 Å². The van der Waals surface area contributed by atoms with Gasteiger partial charge in [-0.15, -0.1) is 0 Å². The fourth-order valence-corrected chi connectivity index (χ4v) is 0.603. The second-order valence-electron chi connectivity index (χ2n) is 2.62. The van der Waals surface area contributed by atoms with Crippen LogP contribution in [0.5, 0.6) is 0 Å². The summed E-state index contributed by atoms with van der Waals surface area (Å²) in [5.41, 5.74) is 0. The van der Waals surface area contributed by atoms with Crippen molar-refractivity contribution in [3.8, 4) is 0 Å². The second-order valence-corrected chi connectivity index (χ2v) is 2.62. The summed E-state index contributed by atoms with van der Waals surface area (Å²) in [5, 5.41) is 0. The van der Waals surface area contributed by atoms with Crippen LogP contribution in [0.2, 0.25) is 0 Å². The Morgan fingerprint density at radius 2 is 2.17 bits per heavy atom. The van der Waals surface area contributed by atoms with Crippen LogP contribution in [0.25, 0.3) is 0 Å². The monoisotopic (exact) mass is 172 g/mol. The first-order chi connectivity index (χ1) is 5.66. The molecule has 0 radical (unpaired) electrons. The molecule has 0 rings (SSSR count). The highest BCUT2D eigenvalue weighted by Crippen LogP contribution is 1.89. The maximum absolute atomic E-state index is 10.8. The molecule has 0 fully saturated rings. The Hall–Kier alpha value is -0.830. The predicted octanol–water partition coefficient (Wildman–Crippen LogP) is 1.53. The maximum atomic E-state index is 10.8. The SMILES string of the molecule is C/C=C\COCC(=O)OC(C)C. The summed E-state index contributed by atoms with van der Waals surface area (Å²) < 4.78 is 9.82. The highest BCUT2D eigenvalue weighted by atomic mass is 16.6. The summed E-state index contributed by atoms with van der Waals surface area (Å²) in [7, 11) is 0. The van der Waals surface area contributed by atoms with Crippen LogP contribution in [0.1, 0.15) is 20.8 Å². The Morgan fingerprint density at radius 3 is 2.67 bits per heavy atom. The minimum absolute atomic E-state index is 0.0303. The number of hydrogen-bond acceptors (Lipinski definition) is 3. The average molecular weight is 172 g/mol. The zero-order valence-corrected chi connectivity index (χ0v) is 7.87. The van der Waals surface area contributed by atoms with E-state index >= 15 is 0 Å². The average Bonchev–Trinajstić information content (AvgIpc) is 1.97. The smallest absolute Gasteiger partial charge is 0.332 e. The van der Waals surface area contributed by atoms with Gasteiger partial charge < -0.3 is 9.47 Å². The number of rotatable bonds is 5. The van der Waals surface area contributed by atoms with Gasteiger partial charge >= 0.3 is 5.97 Å². The number of esters is 1. The summed E-state index contributed by atoms with van der Waals surface area (Å²) in [6, 6.07) is 0. The molecular formula is C9H16O3. The van der Waals surface area contributed by atoms with Gasteiger partial charge in [0.25, 0.3) is 0 Å². The molecule has 0 amide bonds. The normalized spacial score (nSPS) is 11.0. The Labute approximate surface area is 73.4 Å². The first-order valence-corrected chi connectivity index (χ1v) is 4.05. The van der Waals surface area contributed by atoms with Crippen LogP contribution in [0.4, 0.5) is 0 Å². The van der Waals surface area contributed by atoms with E-state index in [4.69, 9.17) is 9.47 Å². The minimum Gasteiger partial charge on any atom is -0.461 e. The van der Waals surface area contributed by atoms with Crippen LogP contribution < -0.4 is 0 Å². The third kappa shape index (κ3) is 7.28. The molecular weight excluding hydrogens is 156 g/mol. The maximum Gasteiger partial charge on any atom is 0.332 e. The van der Waals surface area contributed by atoms with Crippen molar-refractivity contribution in [2.45, 2.75) is 26.9 Å². The molecule has 0 aromatic carbocycles. The van der Waals surface area contributed by atoms with Gasteiger partial charge in [-0.25, -0.2) is 4.79 Å². The van der Waals surface area contributed by atoms with E-state index < -0.39 is 0 Å². The topological polar surface area (TPSA) is 35.5 Å². The molecule has 3 nitrogen and oxygen atoms in total. The molecule has 0 aliphatic rings. The zero-order chi connectivity index (χ0) is 9.40. The van der Waals surface area contributed by atoms with E-state index in [1.807, 2.05) is 32.9 Å². The summed E-state index contributed by atoms with van der Waals surface area (Å²) in [5.74, 6) is -0.311. The fraction of sp³-hybridized carbons (Fsp3) is 0.667. The van der Waals surface area contributed by atoms with Crippen molar-refractivity contribution in [1.82, 2.24) is 0 Å². The van der Waals surface area contributed by atoms with Crippen LogP contribution in [0, 0.1) is 0 Å². The van der Waals surface area contributed by atoms with Crippen LogP contribution in [-0.4, -0.2) is 25.3 Å². The van der Waals surface area contributed by atoms with E-state index in [1.54, 1.807) is 0 Å². The molecule has 0 aromatic heterocycles. The van der Waals surface area contributed by atoms with Crippen molar-refractivity contribution in [2.75, 3.05) is 13.2 Å². The molecule has 0 aliphatic heterocycles. The first-order valence-electron chi connectivity index (χ1n) is 4.05. The Balaban J connectivity index is 3.32. The van der Waals surface area contributed by atoms with Gasteiger partial charge in [0.05, 0.1) is 12.7 Å². The van der Waals surface area contributed by atoms with Gasteiger partial charge in [-0.05, 0) is 20.8 Å². The molecule has 0 unspecified atom stereocenters. The molecule has 0 saturated carbocycles. The third-order valence-electron chi connectivity index (χ3n) is 1.04. The summed E-state index contributed by atoms with van der Waals surface area (Å²) in [4.78, 5) is 10.8. The lowest BCUT2D eigenvalue weighted by Gasteiger charge is -2.06. The highest BCUT2D eigenvalue weighted by molar-refractivity contribution is 5.70. The number of carbonyl (C=O) groups is 1. The predicted molar refractivity (Wildman–Crippen MR) is 46.9 cm³/mol. The molecule has 0 atom stereocenters. The van der Waals surface area contributed by atoms with Crippen LogP contribution in [0.3, 0.4) is 0 Å². The van der Waals surface area contributed by atoms with Crippen molar-refractivity contribution in [1.29, 1.82) is 0 Å². The standard InChI is InChI=1S/C9H16O3/c1-4-5-6-11-7-9(10)12-8(2)3/h4-5,8H,6-7H2,1-3H3/b5-4-. The molecule has 3 heteroatoms. The van der Waals surface area contributed by atoms with Crippen LogP contribution in [-0.2, 0) is 14.3 Å². The van der Waals surface area contributed by atoms with E-state index in [2.05, 4.69) is 0 Å². The molecule has 12 heavy (non-hydrogen) atoms. The molecule has 0 bridgehead atoms. The van der Waals surface area contributed by atoms with Gasteiger partial charge in [0.2, 0.25) is 0 Å². The fourth-order valence-electron chi connectivity index (χ4n) is 0.603. The van der Waals surface area contributed by atoms with Gasteiger partial charge in [0.15, 0.2) is 0 Å². The van der Waals surface area contributed by atoms with E-state index in [0.717, 1.165) is 0 Å². The molecule has 0 N–H and O–H groups in total.